The first-order valence-corrected chi connectivity index (χ1v) is 11.8. The average Bonchev–Trinajstić information content (AvgIpc) is 2.30. The molecule has 0 heterocycles. The third-order valence-electron chi connectivity index (χ3n) is 1.80. The van der Waals surface area contributed by atoms with Gasteiger partial charge in [-0.1, -0.05) is 0 Å². The second-order valence-electron chi connectivity index (χ2n) is 3.45. The summed E-state index contributed by atoms with van der Waals surface area (Å²) in [5.74, 6) is 0.726. The standard InChI is InChI=1S/C8H20N2O4S4/c9-3-5-15-17(11,12)7-1-2-8-18(13,14)16-6-4-10/h1-10H2. The summed E-state index contributed by atoms with van der Waals surface area (Å²) in [7, 11) is -4.67. The van der Waals surface area contributed by atoms with Crippen LogP contribution in [-0.2, 0) is 17.7 Å². The minimum Gasteiger partial charge on any atom is -0.330 e. The van der Waals surface area contributed by atoms with Gasteiger partial charge in [0.25, 0.3) is 0 Å². The largest absolute Gasteiger partial charge is 0.330 e. The van der Waals surface area contributed by atoms with Gasteiger partial charge in [0.05, 0.1) is 11.5 Å². The van der Waals surface area contributed by atoms with Gasteiger partial charge in [-0.25, -0.2) is 16.8 Å². The van der Waals surface area contributed by atoms with Crippen LogP contribution in [0.15, 0.2) is 0 Å². The van der Waals surface area contributed by atoms with Crippen LogP contribution in [0.5, 0.6) is 0 Å². The fourth-order valence-corrected chi connectivity index (χ4v) is 6.59. The van der Waals surface area contributed by atoms with Crippen molar-refractivity contribution in [2.24, 2.45) is 11.5 Å². The molecule has 0 aromatic rings. The zero-order valence-electron chi connectivity index (χ0n) is 10.1. The highest BCUT2D eigenvalue weighted by Gasteiger charge is 2.14. The third kappa shape index (κ3) is 10.4. The molecule has 110 valence electrons. The van der Waals surface area contributed by atoms with Crippen LogP contribution >= 0.6 is 21.6 Å². The number of hydrogen-bond acceptors (Lipinski definition) is 8. The summed E-state index contributed by atoms with van der Waals surface area (Å²) < 4.78 is 45.7. The van der Waals surface area contributed by atoms with Gasteiger partial charge in [-0.2, -0.15) is 0 Å². The van der Waals surface area contributed by atoms with Gasteiger partial charge in [-0.05, 0) is 34.4 Å². The number of nitrogens with two attached hydrogens (primary N) is 2. The van der Waals surface area contributed by atoms with Crippen molar-refractivity contribution < 1.29 is 16.8 Å². The quantitative estimate of drug-likeness (QED) is 0.393. The topological polar surface area (TPSA) is 120 Å². The van der Waals surface area contributed by atoms with Crippen molar-refractivity contribution in [1.82, 2.24) is 0 Å². The second kappa shape index (κ2) is 9.43. The lowest BCUT2D eigenvalue weighted by molar-refractivity contribution is 0.600. The molecule has 0 aromatic heterocycles. The molecular weight excluding hydrogens is 316 g/mol. The van der Waals surface area contributed by atoms with E-state index in [1.807, 2.05) is 0 Å². The lowest BCUT2D eigenvalue weighted by atomic mass is 10.4. The first-order chi connectivity index (χ1) is 8.33. The second-order valence-corrected chi connectivity index (χ2v) is 12.2. The van der Waals surface area contributed by atoms with Crippen LogP contribution in [0.2, 0.25) is 0 Å². The Morgan fingerprint density at radius 1 is 0.722 bits per heavy atom. The van der Waals surface area contributed by atoms with Gasteiger partial charge in [0.2, 0.25) is 17.7 Å². The summed E-state index contributed by atoms with van der Waals surface area (Å²) in [6.07, 6.45) is 0.699. The SMILES string of the molecule is NCCSS(=O)(=O)CCCCS(=O)(=O)SCCN. The van der Waals surface area contributed by atoms with Crippen molar-refractivity contribution >= 4 is 39.3 Å². The maximum Gasteiger partial charge on any atom is 0.201 e. The monoisotopic (exact) mass is 336 g/mol. The Bertz CT molecular complexity index is 367. The molecule has 4 N–H and O–H groups in total. The molecular formula is C8H20N2O4S4. The molecule has 0 saturated heterocycles. The van der Waals surface area contributed by atoms with Crippen molar-refractivity contribution in [2.75, 3.05) is 36.1 Å². The summed E-state index contributed by atoms with van der Waals surface area (Å²) in [5.41, 5.74) is 10.4. The molecule has 0 saturated carbocycles. The fraction of sp³-hybridized carbons (Fsp3) is 1.00. The average molecular weight is 337 g/mol. The molecule has 10 heteroatoms. The van der Waals surface area contributed by atoms with Crippen LogP contribution < -0.4 is 11.5 Å². The Morgan fingerprint density at radius 2 is 1.06 bits per heavy atom. The predicted octanol–water partition coefficient (Wildman–Crippen LogP) is -0.190. The van der Waals surface area contributed by atoms with E-state index < -0.39 is 17.7 Å². The van der Waals surface area contributed by atoms with E-state index in [-0.39, 0.29) is 11.5 Å². The summed E-state index contributed by atoms with van der Waals surface area (Å²) in [6.45, 7) is 0.627. The van der Waals surface area contributed by atoms with E-state index in [0.29, 0.717) is 37.4 Å². The summed E-state index contributed by atoms with van der Waals surface area (Å²) in [4.78, 5) is 0. The van der Waals surface area contributed by atoms with Crippen LogP contribution in [0, 0.1) is 0 Å². The van der Waals surface area contributed by atoms with Crippen molar-refractivity contribution in [2.45, 2.75) is 12.8 Å². The molecule has 0 spiro atoms. The fourth-order valence-electron chi connectivity index (χ4n) is 1.03. The normalized spacial score (nSPS) is 12.8. The summed E-state index contributed by atoms with van der Waals surface area (Å²) in [5, 5.41) is 0. The molecule has 0 aromatic carbocycles. The minimum absolute atomic E-state index is 0.00522. The maximum atomic E-state index is 11.4. The van der Waals surface area contributed by atoms with Crippen molar-refractivity contribution in [3.05, 3.63) is 0 Å². The van der Waals surface area contributed by atoms with Crippen molar-refractivity contribution in [3.8, 4) is 0 Å². The molecule has 0 aliphatic rings. The lowest BCUT2D eigenvalue weighted by Crippen LogP contribution is -2.10. The van der Waals surface area contributed by atoms with Gasteiger partial charge in [-0.3, -0.25) is 0 Å². The molecule has 18 heavy (non-hydrogen) atoms. The van der Waals surface area contributed by atoms with Gasteiger partial charge in [0.1, 0.15) is 0 Å². The van der Waals surface area contributed by atoms with Gasteiger partial charge >= 0.3 is 0 Å². The first-order valence-electron chi connectivity index (χ1n) is 5.47. The number of unbranched alkanes of at least 4 members (excludes halogenated alkanes) is 1. The molecule has 0 fully saturated rings. The van der Waals surface area contributed by atoms with E-state index in [1.165, 1.54) is 0 Å². The van der Waals surface area contributed by atoms with Crippen LogP contribution in [0.1, 0.15) is 12.8 Å². The number of rotatable bonds is 11. The molecule has 0 aliphatic carbocycles. The van der Waals surface area contributed by atoms with E-state index in [1.54, 1.807) is 0 Å². The highest BCUT2D eigenvalue weighted by Crippen LogP contribution is 2.17. The van der Waals surface area contributed by atoms with Gasteiger partial charge in [-0.15, -0.1) is 0 Å². The maximum absolute atomic E-state index is 11.4. The molecule has 0 radical (unpaired) electrons. The zero-order valence-corrected chi connectivity index (χ0v) is 13.3. The van der Waals surface area contributed by atoms with Gasteiger partial charge in [0, 0.05) is 24.6 Å². The molecule has 6 nitrogen and oxygen atoms in total. The minimum atomic E-state index is -3.16. The smallest absolute Gasteiger partial charge is 0.201 e. The zero-order chi connectivity index (χ0) is 14.1. The third-order valence-corrected chi connectivity index (χ3v) is 9.06. The Labute approximate surface area is 116 Å². The Kier molecular flexibility index (Phi) is 9.70. The first kappa shape index (κ1) is 18.5. The van der Waals surface area contributed by atoms with Gasteiger partial charge in [0.15, 0.2) is 0 Å². The Hall–Kier alpha value is 0.520. The molecule has 0 aliphatic heterocycles. The van der Waals surface area contributed by atoms with E-state index in [4.69, 9.17) is 11.5 Å². The predicted molar refractivity (Wildman–Crippen MR) is 79.8 cm³/mol. The van der Waals surface area contributed by atoms with Crippen LogP contribution in [0.4, 0.5) is 0 Å². The van der Waals surface area contributed by atoms with Crippen molar-refractivity contribution in [3.63, 3.8) is 0 Å². The lowest BCUT2D eigenvalue weighted by Gasteiger charge is -2.04. The van der Waals surface area contributed by atoms with Crippen LogP contribution in [-0.4, -0.2) is 52.9 Å². The Morgan fingerprint density at radius 3 is 1.33 bits per heavy atom. The summed E-state index contributed by atoms with van der Waals surface area (Å²) >= 11 is 0. The van der Waals surface area contributed by atoms with E-state index in [9.17, 15) is 16.8 Å². The molecule has 0 bridgehead atoms. The van der Waals surface area contributed by atoms with Crippen LogP contribution in [0.3, 0.4) is 0 Å². The van der Waals surface area contributed by atoms with Crippen molar-refractivity contribution in [1.29, 1.82) is 0 Å². The Balaban J connectivity index is 3.86. The molecule has 0 atom stereocenters. The van der Waals surface area contributed by atoms with Crippen LogP contribution in [0.25, 0.3) is 0 Å². The van der Waals surface area contributed by atoms with E-state index in [2.05, 4.69) is 0 Å². The van der Waals surface area contributed by atoms with Gasteiger partial charge < -0.3 is 11.5 Å². The highest BCUT2D eigenvalue weighted by atomic mass is 33.1. The van der Waals surface area contributed by atoms with E-state index >= 15 is 0 Å². The highest BCUT2D eigenvalue weighted by molar-refractivity contribution is 8.72. The molecule has 0 rings (SSSR count). The molecule has 0 amide bonds. The summed E-state index contributed by atoms with van der Waals surface area (Å²) in [6, 6.07) is 0. The molecule has 0 unspecified atom stereocenters. The van der Waals surface area contributed by atoms with E-state index in [0.717, 1.165) is 21.6 Å². The number of hydrogen-bond donors (Lipinski definition) is 2.